The van der Waals surface area contributed by atoms with E-state index < -0.39 is 49.2 Å². The van der Waals surface area contributed by atoms with Gasteiger partial charge in [0.25, 0.3) is 0 Å². The highest BCUT2D eigenvalue weighted by atomic mass is 35.5. The van der Waals surface area contributed by atoms with Crippen molar-refractivity contribution in [1.82, 2.24) is 0 Å². The van der Waals surface area contributed by atoms with Gasteiger partial charge in [0, 0.05) is 19.6 Å². The summed E-state index contributed by atoms with van der Waals surface area (Å²) >= 11 is 6.36. The second-order valence-electron chi connectivity index (χ2n) is 7.31. The maximum Gasteiger partial charge on any atom is 0.107 e. The van der Waals surface area contributed by atoms with Gasteiger partial charge in [0.1, 0.15) is 6.10 Å². The van der Waals surface area contributed by atoms with Gasteiger partial charge >= 0.3 is 0 Å². The van der Waals surface area contributed by atoms with E-state index in [1.54, 1.807) is 30.3 Å². The van der Waals surface area contributed by atoms with Crippen molar-refractivity contribution in [3.05, 3.63) is 69.7 Å². The molecule has 0 radical (unpaired) electrons. The topological polar surface area (TPSA) is 101 Å². The summed E-state index contributed by atoms with van der Waals surface area (Å²) in [5, 5.41) is 51.3. The third kappa shape index (κ3) is 4.10. The molecular weight excluding hydrogens is 380 g/mol. The van der Waals surface area contributed by atoms with Crippen molar-refractivity contribution in [2.75, 3.05) is 6.61 Å². The average Bonchev–Trinajstić information content (AvgIpc) is 2.69. The first-order valence-corrected chi connectivity index (χ1v) is 9.63. The minimum Gasteiger partial charge on any atom is -0.396 e. The van der Waals surface area contributed by atoms with Crippen LogP contribution >= 0.6 is 11.6 Å². The molecule has 28 heavy (non-hydrogen) atoms. The number of aryl methyl sites for hydroxylation is 1. The lowest BCUT2D eigenvalue weighted by Crippen LogP contribution is -2.58. The molecule has 0 spiro atoms. The average molecular weight is 409 g/mol. The molecule has 6 heteroatoms. The predicted octanol–water partition coefficient (Wildman–Crippen LogP) is 1.64. The maximum atomic E-state index is 10.6. The quantitative estimate of drug-likeness (QED) is 0.518. The van der Waals surface area contributed by atoms with E-state index in [9.17, 15) is 25.5 Å². The Kier molecular flexibility index (Phi) is 5.90. The van der Waals surface area contributed by atoms with E-state index in [0.29, 0.717) is 22.6 Å². The molecule has 0 aromatic heterocycles. The molecule has 0 saturated heterocycles. The van der Waals surface area contributed by atoms with Crippen LogP contribution in [0.5, 0.6) is 0 Å². The van der Waals surface area contributed by atoms with E-state index >= 15 is 0 Å². The fourth-order valence-electron chi connectivity index (χ4n) is 3.90. The number of rotatable bonds is 5. The van der Waals surface area contributed by atoms with Crippen LogP contribution in [-0.2, 0) is 12.8 Å². The van der Waals surface area contributed by atoms with Crippen molar-refractivity contribution in [2.45, 2.75) is 50.1 Å². The molecule has 2 aromatic carbocycles. The number of benzene rings is 2. The van der Waals surface area contributed by atoms with E-state index in [1.807, 2.05) is 12.1 Å². The van der Waals surface area contributed by atoms with Crippen LogP contribution in [-0.4, -0.2) is 56.6 Å². The summed E-state index contributed by atoms with van der Waals surface area (Å²) in [7, 11) is 0. The van der Waals surface area contributed by atoms with Crippen molar-refractivity contribution in [3.8, 4) is 0 Å². The number of aliphatic hydroxyl groups is 5. The molecule has 2 aromatic rings. The molecule has 5 N–H and O–H groups in total. The van der Waals surface area contributed by atoms with Crippen LogP contribution in [0.3, 0.4) is 0 Å². The smallest absolute Gasteiger partial charge is 0.107 e. The molecule has 0 bridgehead atoms. The lowest BCUT2D eigenvalue weighted by molar-refractivity contribution is -0.169. The minimum absolute atomic E-state index is 0.452. The second-order valence-corrected chi connectivity index (χ2v) is 7.72. The molecule has 1 aliphatic carbocycles. The molecule has 5 nitrogen and oxygen atoms in total. The van der Waals surface area contributed by atoms with Crippen molar-refractivity contribution < 1.29 is 28.3 Å². The van der Waals surface area contributed by atoms with Gasteiger partial charge in [0.2, 0.25) is 0 Å². The van der Waals surface area contributed by atoms with E-state index in [-0.39, 0.29) is 0 Å². The molecule has 1 aliphatic rings. The summed E-state index contributed by atoms with van der Waals surface area (Å²) in [6.45, 7) is 0.967. The summed E-state index contributed by atoms with van der Waals surface area (Å²) in [6.07, 6.45) is -6.56. The Morgan fingerprint density at radius 1 is 0.893 bits per heavy atom. The third-order valence-corrected chi connectivity index (χ3v) is 5.98. The first kappa shape index (κ1) is 18.6. The summed E-state index contributed by atoms with van der Waals surface area (Å²) in [5.74, 6) is -1.88. The number of hydrogen-bond donors (Lipinski definition) is 5. The number of hydrogen-bond acceptors (Lipinski definition) is 5. The Hall–Kier alpha value is -1.47. The highest BCUT2D eigenvalue weighted by molar-refractivity contribution is 6.31. The monoisotopic (exact) mass is 408 g/mol. The SMILES string of the molecule is [2H]C([2H])(C)c1ccc(Cc2cc([C@H]3[C@H](O)[C@@H](O)[C@H](O)[C@@H](CO)[C@@H]3O)ccc2Cl)cc1. The third-order valence-electron chi connectivity index (χ3n) is 5.62. The van der Waals surface area contributed by atoms with Gasteiger partial charge in [-0.2, -0.15) is 0 Å². The summed E-state index contributed by atoms with van der Waals surface area (Å²) in [6, 6.07) is 12.1. The Bertz CT molecular complexity index is 871. The molecule has 1 saturated carbocycles. The van der Waals surface area contributed by atoms with E-state index in [1.165, 1.54) is 6.92 Å². The van der Waals surface area contributed by atoms with Gasteiger partial charge in [-0.25, -0.2) is 0 Å². The van der Waals surface area contributed by atoms with Gasteiger partial charge in [-0.15, -0.1) is 0 Å². The zero-order chi connectivity index (χ0) is 22.2. The highest BCUT2D eigenvalue weighted by Gasteiger charge is 2.48. The van der Waals surface area contributed by atoms with Crippen LogP contribution in [0.2, 0.25) is 5.02 Å². The lowest BCUT2D eigenvalue weighted by Gasteiger charge is -2.43. The van der Waals surface area contributed by atoms with Crippen LogP contribution in [0, 0.1) is 5.92 Å². The summed E-state index contributed by atoms with van der Waals surface area (Å²) in [4.78, 5) is 0. The van der Waals surface area contributed by atoms with E-state index in [2.05, 4.69) is 0 Å². The van der Waals surface area contributed by atoms with Gasteiger partial charge in [0.15, 0.2) is 0 Å². The van der Waals surface area contributed by atoms with Crippen LogP contribution < -0.4 is 0 Å². The van der Waals surface area contributed by atoms with E-state index in [4.69, 9.17) is 14.3 Å². The first-order chi connectivity index (χ1) is 14.0. The normalized spacial score (nSPS) is 32.0. The van der Waals surface area contributed by atoms with E-state index in [0.717, 1.165) is 11.1 Å². The molecule has 152 valence electrons. The molecule has 6 atom stereocenters. The molecular formula is C22H27ClO5. The van der Waals surface area contributed by atoms with Crippen LogP contribution in [0.4, 0.5) is 0 Å². The standard InChI is InChI=1S/C22H27ClO5/c1-2-12-3-5-13(6-4-12)9-15-10-14(7-8-17(15)23)18-19(25)16(11-24)20(26)22(28)21(18)27/h3-8,10,16,18-22,24-28H,2,9,11H2,1H3/t16-,18+,19-,20+,21-,22-/m0/s1/i2D2. The molecule has 0 unspecified atom stereocenters. The molecule has 3 rings (SSSR count). The van der Waals surface area contributed by atoms with Crippen molar-refractivity contribution >= 4 is 11.6 Å². The lowest BCUT2D eigenvalue weighted by atomic mass is 9.70. The zero-order valence-electron chi connectivity index (χ0n) is 17.5. The fourth-order valence-corrected chi connectivity index (χ4v) is 4.08. The number of halogens is 1. The maximum absolute atomic E-state index is 10.6. The predicted molar refractivity (Wildman–Crippen MR) is 107 cm³/mol. The van der Waals surface area contributed by atoms with Crippen LogP contribution in [0.15, 0.2) is 42.5 Å². The van der Waals surface area contributed by atoms with Crippen LogP contribution in [0.25, 0.3) is 0 Å². The summed E-state index contributed by atoms with van der Waals surface area (Å²) in [5.41, 5.74) is 2.76. The summed E-state index contributed by atoms with van der Waals surface area (Å²) < 4.78 is 15.6. The Morgan fingerprint density at radius 2 is 1.54 bits per heavy atom. The van der Waals surface area contributed by atoms with Gasteiger partial charge in [-0.3, -0.25) is 0 Å². The van der Waals surface area contributed by atoms with Gasteiger partial charge in [-0.05, 0) is 41.1 Å². The van der Waals surface area contributed by atoms with Gasteiger partial charge in [0.05, 0.1) is 24.9 Å². The van der Waals surface area contributed by atoms with Gasteiger partial charge in [-0.1, -0.05) is 54.9 Å². The second kappa shape index (κ2) is 8.91. The van der Waals surface area contributed by atoms with Crippen molar-refractivity contribution in [3.63, 3.8) is 0 Å². The minimum atomic E-state index is -1.49. The Morgan fingerprint density at radius 3 is 2.14 bits per heavy atom. The zero-order valence-corrected chi connectivity index (χ0v) is 16.3. The molecule has 0 heterocycles. The largest absolute Gasteiger partial charge is 0.396 e. The Balaban J connectivity index is 1.89. The van der Waals surface area contributed by atoms with Crippen LogP contribution in [0.1, 0.15) is 37.8 Å². The first-order valence-electron chi connectivity index (χ1n) is 10.3. The van der Waals surface area contributed by atoms with Crippen molar-refractivity contribution in [1.29, 1.82) is 0 Å². The highest BCUT2D eigenvalue weighted by Crippen LogP contribution is 2.38. The molecule has 1 fully saturated rings. The fraction of sp³-hybridized carbons (Fsp3) is 0.455. The van der Waals surface area contributed by atoms with Crippen molar-refractivity contribution in [2.24, 2.45) is 5.92 Å². The van der Waals surface area contributed by atoms with Gasteiger partial charge < -0.3 is 25.5 Å². The molecule has 0 amide bonds. The Labute approximate surface area is 172 Å². The molecule has 0 aliphatic heterocycles. The number of aliphatic hydroxyl groups excluding tert-OH is 5.